The first kappa shape index (κ1) is 14.3. The van der Waals surface area contributed by atoms with Crippen LogP contribution >= 0.6 is 0 Å². The molecule has 1 saturated heterocycles. The quantitative estimate of drug-likeness (QED) is 0.809. The third kappa shape index (κ3) is 3.08. The molecule has 0 unspecified atom stereocenters. The molecule has 1 fully saturated rings. The predicted octanol–water partition coefficient (Wildman–Crippen LogP) is 3.47. The smallest absolute Gasteiger partial charge is 0.128 e. The number of rotatable bonds is 5. The highest BCUT2D eigenvalue weighted by Gasteiger charge is 2.27. The van der Waals surface area contributed by atoms with Crippen LogP contribution in [0.3, 0.4) is 0 Å². The van der Waals surface area contributed by atoms with E-state index in [1.54, 1.807) is 0 Å². The molecule has 0 N–H and O–H groups in total. The van der Waals surface area contributed by atoms with Crippen LogP contribution in [0.5, 0.6) is 0 Å². The van der Waals surface area contributed by atoms with Gasteiger partial charge in [-0.2, -0.15) is 0 Å². The van der Waals surface area contributed by atoms with Crippen LogP contribution in [0.4, 0.5) is 5.82 Å². The minimum absolute atomic E-state index is 0.568. The molecular formula is C16H27N3. The Morgan fingerprint density at radius 3 is 2.58 bits per heavy atom. The van der Waals surface area contributed by atoms with Crippen molar-refractivity contribution in [1.29, 1.82) is 0 Å². The molecule has 0 saturated carbocycles. The van der Waals surface area contributed by atoms with E-state index in [1.165, 1.54) is 24.9 Å². The van der Waals surface area contributed by atoms with Crippen LogP contribution < -0.4 is 4.90 Å². The number of pyridine rings is 1. The molecule has 1 aliphatic rings. The molecule has 1 aromatic rings. The maximum atomic E-state index is 4.66. The zero-order valence-corrected chi connectivity index (χ0v) is 12.8. The first-order valence-electron chi connectivity index (χ1n) is 7.64. The molecule has 2 heterocycles. The van der Waals surface area contributed by atoms with Gasteiger partial charge in [0.1, 0.15) is 5.82 Å². The zero-order valence-electron chi connectivity index (χ0n) is 12.8. The van der Waals surface area contributed by atoms with Crippen molar-refractivity contribution < 1.29 is 0 Å². The van der Waals surface area contributed by atoms with Crippen molar-refractivity contribution in [3.8, 4) is 0 Å². The van der Waals surface area contributed by atoms with Crippen LogP contribution in [0.1, 0.15) is 52.1 Å². The largest absolute Gasteiger partial charge is 0.357 e. The molecule has 0 aromatic carbocycles. The number of nitrogens with zero attached hydrogens (tertiary/aromatic N) is 3. The van der Waals surface area contributed by atoms with Gasteiger partial charge in [-0.3, -0.25) is 4.90 Å². The second kappa shape index (κ2) is 6.38. The van der Waals surface area contributed by atoms with Crippen LogP contribution in [-0.4, -0.2) is 35.6 Å². The Morgan fingerprint density at radius 2 is 2.05 bits per heavy atom. The molecule has 106 valence electrons. The number of hydrogen-bond donors (Lipinski definition) is 0. The van der Waals surface area contributed by atoms with Crippen molar-refractivity contribution >= 4 is 5.82 Å². The van der Waals surface area contributed by atoms with E-state index >= 15 is 0 Å². The van der Waals surface area contributed by atoms with Gasteiger partial charge < -0.3 is 4.90 Å². The van der Waals surface area contributed by atoms with Crippen LogP contribution in [0.2, 0.25) is 0 Å². The lowest BCUT2D eigenvalue weighted by molar-refractivity contribution is 0.205. The number of anilines is 1. The molecule has 0 bridgehead atoms. The monoisotopic (exact) mass is 261 g/mol. The predicted molar refractivity (Wildman–Crippen MR) is 81.6 cm³/mol. The highest BCUT2D eigenvalue weighted by Crippen LogP contribution is 2.33. The summed E-state index contributed by atoms with van der Waals surface area (Å²) < 4.78 is 0. The van der Waals surface area contributed by atoms with Gasteiger partial charge in [0.15, 0.2) is 0 Å². The number of likely N-dealkylation sites (tertiary alicyclic amines) is 1. The Hall–Kier alpha value is -1.09. The van der Waals surface area contributed by atoms with Crippen molar-refractivity contribution in [2.75, 3.05) is 24.5 Å². The average molecular weight is 261 g/mol. The molecule has 19 heavy (non-hydrogen) atoms. The average Bonchev–Trinajstić information content (AvgIpc) is 2.90. The molecule has 0 radical (unpaired) electrons. The van der Waals surface area contributed by atoms with E-state index in [0.29, 0.717) is 12.1 Å². The Balaban J connectivity index is 2.14. The second-order valence-electron chi connectivity index (χ2n) is 5.61. The van der Waals surface area contributed by atoms with E-state index in [-0.39, 0.29) is 0 Å². The molecule has 1 atom stereocenters. The van der Waals surface area contributed by atoms with E-state index in [2.05, 4.69) is 60.8 Å². The number of hydrogen-bond acceptors (Lipinski definition) is 3. The van der Waals surface area contributed by atoms with Gasteiger partial charge in [-0.05, 0) is 58.7 Å². The fraction of sp³-hybridized carbons (Fsp3) is 0.688. The summed E-state index contributed by atoms with van der Waals surface area (Å²) >= 11 is 0. The second-order valence-corrected chi connectivity index (χ2v) is 5.61. The zero-order chi connectivity index (χ0) is 13.8. The Morgan fingerprint density at radius 1 is 1.32 bits per heavy atom. The highest BCUT2D eigenvalue weighted by atomic mass is 15.2. The normalized spacial score (nSPS) is 20.2. The van der Waals surface area contributed by atoms with Gasteiger partial charge in [0, 0.05) is 31.4 Å². The van der Waals surface area contributed by atoms with E-state index in [9.17, 15) is 0 Å². The third-order valence-electron chi connectivity index (χ3n) is 4.20. The minimum Gasteiger partial charge on any atom is -0.357 e. The van der Waals surface area contributed by atoms with Gasteiger partial charge in [0.2, 0.25) is 0 Å². The highest BCUT2D eigenvalue weighted by molar-refractivity contribution is 5.39. The Bertz CT molecular complexity index is 381. The summed E-state index contributed by atoms with van der Waals surface area (Å²) in [6, 6.07) is 5.64. The first-order chi connectivity index (χ1) is 9.17. The van der Waals surface area contributed by atoms with Crippen LogP contribution in [0.25, 0.3) is 0 Å². The van der Waals surface area contributed by atoms with Crippen molar-refractivity contribution in [3.05, 3.63) is 23.9 Å². The van der Waals surface area contributed by atoms with Crippen LogP contribution in [0.15, 0.2) is 18.3 Å². The molecule has 1 aromatic heterocycles. The molecule has 2 rings (SSSR count). The maximum Gasteiger partial charge on any atom is 0.128 e. The summed E-state index contributed by atoms with van der Waals surface area (Å²) in [5.74, 6) is 1.10. The number of aromatic nitrogens is 1. The summed E-state index contributed by atoms with van der Waals surface area (Å²) in [4.78, 5) is 9.54. The van der Waals surface area contributed by atoms with Gasteiger partial charge in [-0.25, -0.2) is 4.98 Å². The summed E-state index contributed by atoms with van der Waals surface area (Å²) in [7, 11) is 0. The van der Waals surface area contributed by atoms with E-state index in [0.717, 1.165) is 18.9 Å². The third-order valence-corrected chi connectivity index (χ3v) is 4.20. The fourth-order valence-electron chi connectivity index (χ4n) is 3.09. The van der Waals surface area contributed by atoms with Gasteiger partial charge in [0.25, 0.3) is 0 Å². The summed E-state index contributed by atoms with van der Waals surface area (Å²) in [6.07, 6.45) is 4.66. The lowest BCUT2D eigenvalue weighted by Gasteiger charge is -2.28. The van der Waals surface area contributed by atoms with Gasteiger partial charge in [-0.15, -0.1) is 0 Å². The molecule has 0 aliphatic carbocycles. The lowest BCUT2D eigenvalue weighted by Crippen LogP contribution is -2.30. The fourth-order valence-corrected chi connectivity index (χ4v) is 3.09. The van der Waals surface area contributed by atoms with Crippen molar-refractivity contribution in [3.63, 3.8) is 0 Å². The molecule has 3 nitrogen and oxygen atoms in total. The van der Waals surface area contributed by atoms with E-state index in [1.807, 2.05) is 0 Å². The molecule has 1 aliphatic heterocycles. The Kier molecular flexibility index (Phi) is 4.81. The van der Waals surface area contributed by atoms with E-state index in [4.69, 9.17) is 0 Å². The van der Waals surface area contributed by atoms with Gasteiger partial charge >= 0.3 is 0 Å². The maximum absolute atomic E-state index is 4.66. The lowest BCUT2D eigenvalue weighted by atomic mass is 10.1. The van der Waals surface area contributed by atoms with Crippen molar-refractivity contribution in [2.24, 2.45) is 0 Å². The molecule has 3 heteroatoms. The molecule has 0 amide bonds. The van der Waals surface area contributed by atoms with Gasteiger partial charge in [-0.1, -0.05) is 6.07 Å². The summed E-state index contributed by atoms with van der Waals surface area (Å²) in [6.45, 7) is 12.2. The van der Waals surface area contributed by atoms with Crippen molar-refractivity contribution in [1.82, 2.24) is 9.88 Å². The SMILES string of the molecule is CCN(CC)c1ccc([C@H]2CCCN2C(C)C)cn1. The summed E-state index contributed by atoms with van der Waals surface area (Å²) in [5.41, 5.74) is 1.38. The Labute approximate surface area is 117 Å². The summed E-state index contributed by atoms with van der Waals surface area (Å²) in [5, 5.41) is 0. The topological polar surface area (TPSA) is 19.4 Å². The standard InChI is InChI=1S/C16H27N3/c1-5-18(6-2)16-10-9-14(12-17-16)15-8-7-11-19(15)13(3)4/h9-10,12-13,15H,5-8,11H2,1-4H3/t15-/m1/s1. The molecular weight excluding hydrogens is 234 g/mol. The van der Waals surface area contributed by atoms with Crippen LogP contribution in [-0.2, 0) is 0 Å². The van der Waals surface area contributed by atoms with Gasteiger partial charge in [0.05, 0.1) is 0 Å². The van der Waals surface area contributed by atoms with Crippen molar-refractivity contribution in [2.45, 2.75) is 52.6 Å². The molecule has 0 spiro atoms. The minimum atomic E-state index is 0.568. The first-order valence-corrected chi connectivity index (χ1v) is 7.64. The van der Waals surface area contributed by atoms with E-state index < -0.39 is 0 Å². The van der Waals surface area contributed by atoms with Crippen LogP contribution in [0, 0.1) is 0 Å².